The molecule has 8 aromatic carbocycles. The molecule has 0 N–H and O–H groups in total. The highest BCUT2D eigenvalue weighted by Gasteiger charge is 2.19. The summed E-state index contributed by atoms with van der Waals surface area (Å²) in [6.45, 7) is 0. The van der Waals surface area contributed by atoms with Gasteiger partial charge < -0.3 is 4.42 Å². The molecule has 248 valence electrons. The maximum Gasteiger partial charge on any atom is 0.164 e. The molecular weight excluding hydrogens is 647 g/mol. The molecule has 0 saturated carbocycles. The highest BCUT2D eigenvalue weighted by molar-refractivity contribution is 6.18. The van der Waals surface area contributed by atoms with Crippen molar-refractivity contribution in [3.63, 3.8) is 0 Å². The number of aromatic nitrogens is 3. The van der Waals surface area contributed by atoms with Crippen molar-refractivity contribution < 1.29 is 4.42 Å². The molecule has 0 bridgehead atoms. The fourth-order valence-electron chi connectivity index (χ4n) is 7.29. The van der Waals surface area contributed by atoms with Gasteiger partial charge in [0.25, 0.3) is 0 Å². The van der Waals surface area contributed by atoms with Gasteiger partial charge in [-0.3, -0.25) is 0 Å². The maximum absolute atomic E-state index is 6.57. The molecule has 0 spiro atoms. The molecule has 4 nitrogen and oxygen atoms in total. The second-order valence-corrected chi connectivity index (χ2v) is 13.2. The van der Waals surface area contributed by atoms with Crippen LogP contribution in [-0.2, 0) is 0 Å². The molecule has 0 aliphatic rings. The Kier molecular flexibility index (Phi) is 7.43. The van der Waals surface area contributed by atoms with Crippen LogP contribution >= 0.6 is 0 Å². The van der Waals surface area contributed by atoms with E-state index in [0.717, 1.165) is 82.8 Å². The summed E-state index contributed by atoms with van der Waals surface area (Å²) in [5.41, 5.74) is 11.1. The average molecular weight is 678 g/mol. The Morgan fingerprint density at radius 2 is 0.830 bits per heavy atom. The molecule has 2 heterocycles. The highest BCUT2D eigenvalue weighted by atomic mass is 16.3. The summed E-state index contributed by atoms with van der Waals surface area (Å²) < 4.78 is 6.57. The largest absolute Gasteiger partial charge is 0.455 e. The van der Waals surface area contributed by atoms with Crippen molar-refractivity contribution in [2.24, 2.45) is 0 Å². The second kappa shape index (κ2) is 12.9. The lowest BCUT2D eigenvalue weighted by molar-refractivity contribution is 0.672. The molecule has 2 aromatic heterocycles. The van der Waals surface area contributed by atoms with Crippen LogP contribution in [0.3, 0.4) is 0 Å². The zero-order valence-electron chi connectivity index (χ0n) is 28.6. The number of nitrogens with zero attached hydrogens (tertiary/aromatic N) is 3. The molecule has 0 saturated heterocycles. The summed E-state index contributed by atoms with van der Waals surface area (Å²) >= 11 is 0. The minimum Gasteiger partial charge on any atom is -0.455 e. The predicted molar refractivity (Wildman–Crippen MR) is 217 cm³/mol. The number of benzene rings is 8. The van der Waals surface area contributed by atoms with E-state index in [1.54, 1.807) is 0 Å². The smallest absolute Gasteiger partial charge is 0.164 e. The van der Waals surface area contributed by atoms with Crippen LogP contribution < -0.4 is 0 Å². The van der Waals surface area contributed by atoms with Crippen LogP contribution in [0.5, 0.6) is 0 Å². The van der Waals surface area contributed by atoms with Crippen molar-refractivity contribution in [1.29, 1.82) is 0 Å². The van der Waals surface area contributed by atoms with Gasteiger partial charge in [0, 0.05) is 32.8 Å². The van der Waals surface area contributed by atoms with Gasteiger partial charge in [-0.1, -0.05) is 158 Å². The standard InChI is InChI=1S/C49H31N3O/c1-4-13-32(14-5-1)35-23-25-37(26-24-35)47-50-48(40-30-38(33-15-6-2-7-16-33)29-39(31-40)34-17-8-3-9-18-34)52-49(51-47)43-21-12-19-36-27-28-42-41-20-10-11-22-44(41)53-46(42)45(36)43/h1-31H. The van der Waals surface area contributed by atoms with Gasteiger partial charge in [-0.15, -0.1) is 0 Å². The van der Waals surface area contributed by atoms with E-state index in [2.05, 4.69) is 152 Å². The third-order valence-electron chi connectivity index (χ3n) is 9.92. The van der Waals surface area contributed by atoms with E-state index in [4.69, 9.17) is 19.4 Å². The van der Waals surface area contributed by atoms with Gasteiger partial charge in [-0.2, -0.15) is 0 Å². The van der Waals surface area contributed by atoms with Crippen molar-refractivity contribution in [1.82, 2.24) is 15.0 Å². The molecule has 0 unspecified atom stereocenters. The maximum atomic E-state index is 6.57. The van der Waals surface area contributed by atoms with Crippen molar-refractivity contribution in [2.75, 3.05) is 0 Å². The zero-order valence-corrected chi connectivity index (χ0v) is 28.6. The first-order valence-corrected chi connectivity index (χ1v) is 17.8. The van der Waals surface area contributed by atoms with E-state index in [-0.39, 0.29) is 0 Å². The molecule has 0 radical (unpaired) electrons. The lowest BCUT2D eigenvalue weighted by Gasteiger charge is -2.13. The van der Waals surface area contributed by atoms with Crippen molar-refractivity contribution >= 4 is 32.7 Å². The molecule has 0 aliphatic heterocycles. The number of hydrogen-bond acceptors (Lipinski definition) is 4. The minimum absolute atomic E-state index is 0.585. The summed E-state index contributed by atoms with van der Waals surface area (Å²) in [7, 11) is 0. The molecule has 0 aliphatic carbocycles. The van der Waals surface area contributed by atoms with Crippen LogP contribution in [0.1, 0.15) is 0 Å². The Labute approximate surface area is 306 Å². The molecule has 10 aromatic rings. The summed E-state index contributed by atoms with van der Waals surface area (Å²) in [4.78, 5) is 15.7. The van der Waals surface area contributed by atoms with Gasteiger partial charge in [0.15, 0.2) is 17.5 Å². The van der Waals surface area contributed by atoms with Gasteiger partial charge in [-0.05, 0) is 69.1 Å². The Morgan fingerprint density at radius 1 is 0.321 bits per heavy atom. The van der Waals surface area contributed by atoms with E-state index in [9.17, 15) is 0 Å². The van der Waals surface area contributed by atoms with Crippen molar-refractivity contribution in [3.05, 3.63) is 188 Å². The zero-order chi connectivity index (χ0) is 35.1. The normalized spacial score (nSPS) is 11.4. The van der Waals surface area contributed by atoms with Crippen molar-refractivity contribution in [3.8, 4) is 67.5 Å². The molecule has 4 heteroatoms. The van der Waals surface area contributed by atoms with Crippen LogP contribution in [0.4, 0.5) is 0 Å². The SMILES string of the molecule is c1ccc(-c2ccc(-c3nc(-c4cc(-c5ccccc5)cc(-c5ccccc5)c4)nc(-c4cccc5ccc6c7ccccc7oc6c45)n3)cc2)cc1. The van der Waals surface area contributed by atoms with Gasteiger partial charge in [0.05, 0.1) is 0 Å². The summed E-state index contributed by atoms with van der Waals surface area (Å²) in [6, 6.07) is 65.2. The third-order valence-corrected chi connectivity index (χ3v) is 9.92. The van der Waals surface area contributed by atoms with E-state index in [1.165, 1.54) is 0 Å². The van der Waals surface area contributed by atoms with Crippen molar-refractivity contribution in [2.45, 2.75) is 0 Å². The van der Waals surface area contributed by atoms with E-state index in [1.807, 2.05) is 36.4 Å². The second-order valence-electron chi connectivity index (χ2n) is 13.2. The van der Waals surface area contributed by atoms with Gasteiger partial charge in [0.1, 0.15) is 11.2 Å². The third kappa shape index (κ3) is 5.63. The topological polar surface area (TPSA) is 51.8 Å². The first-order valence-electron chi connectivity index (χ1n) is 17.8. The van der Waals surface area contributed by atoms with Gasteiger partial charge >= 0.3 is 0 Å². The summed E-state index contributed by atoms with van der Waals surface area (Å²) in [5, 5.41) is 4.18. The fourth-order valence-corrected chi connectivity index (χ4v) is 7.29. The lowest BCUT2D eigenvalue weighted by atomic mass is 9.95. The van der Waals surface area contributed by atoms with Crippen LogP contribution in [0.2, 0.25) is 0 Å². The molecule has 0 atom stereocenters. The van der Waals surface area contributed by atoms with Crippen LogP contribution in [-0.4, -0.2) is 15.0 Å². The van der Waals surface area contributed by atoms with E-state index >= 15 is 0 Å². The quantitative estimate of drug-likeness (QED) is 0.176. The number of rotatable bonds is 6. The average Bonchev–Trinajstić information content (AvgIpc) is 3.63. The summed E-state index contributed by atoms with van der Waals surface area (Å²) in [5.74, 6) is 1.78. The Hall–Kier alpha value is -7.17. The highest BCUT2D eigenvalue weighted by Crippen LogP contribution is 2.39. The molecule has 53 heavy (non-hydrogen) atoms. The number of para-hydroxylation sites is 1. The van der Waals surface area contributed by atoms with E-state index < -0.39 is 0 Å². The first kappa shape index (κ1) is 30.6. The Morgan fingerprint density at radius 3 is 1.49 bits per heavy atom. The van der Waals surface area contributed by atoms with Gasteiger partial charge in [0.2, 0.25) is 0 Å². The van der Waals surface area contributed by atoms with E-state index in [0.29, 0.717) is 17.5 Å². The number of hydrogen-bond donors (Lipinski definition) is 0. The Bertz CT molecular complexity index is 2860. The van der Waals surface area contributed by atoms with Crippen LogP contribution in [0.15, 0.2) is 192 Å². The molecule has 0 fully saturated rings. The predicted octanol–water partition coefficient (Wildman–Crippen LogP) is 12.9. The molecular formula is C49H31N3O. The van der Waals surface area contributed by atoms with Crippen LogP contribution in [0.25, 0.3) is 100 Å². The summed E-state index contributed by atoms with van der Waals surface area (Å²) in [6.07, 6.45) is 0. The Balaban J connectivity index is 1.22. The van der Waals surface area contributed by atoms with Crippen LogP contribution in [0, 0.1) is 0 Å². The number of furan rings is 1. The minimum atomic E-state index is 0.585. The monoisotopic (exact) mass is 677 g/mol. The number of fused-ring (bicyclic) bond motifs is 5. The lowest BCUT2D eigenvalue weighted by Crippen LogP contribution is -2.01. The molecule has 0 amide bonds. The first-order chi connectivity index (χ1) is 26.2. The fraction of sp³-hybridized carbons (Fsp3) is 0. The molecule has 10 rings (SSSR count). The van der Waals surface area contributed by atoms with Gasteiger partial charge in [-0.25, -0.2) is 15.0 Å².